The summed E-state index contributed by atoms with van der Waals surface area (Å²) in [5.41, 5.74) is 3.73. The van der Waals surface area contributed by atoms with E-state index in [4.69, 9.17) is 21.1 Å². The van der Waals surface area contributed by atoms with Crippen LogP contribution in [0.3, 0.4) is 0 Å². The molecule has 0 unspecified atom stereocenters. The maximum absolute atomic E-state index is 12.6. The topological polar surface area (TPSA) is 35.5 Å². The van der Waals surface area contributed by atoms with Crippen LogP contribution in [0.5, 0.6) is 11.5 Å². The first-order valence-electron chi connectivity index (χ1n) is 12.9. The summed E-state index contributed by atoms with van der Waals surface area (Å²) in [6, 6.07) is 21.0. The fourth-order valence-electron chi connectivity index (χ4n) is 3.95. The molecular formula is C31H37ClO3. The summed E-state index contributed by atoms with van der Waals surface area (Å²) < 4.78 is 11.4. The molecule has 0 aliphatic carbocycles. The number of esters is 1. The summed E-state index contributed by atoms with van der Waals surface area (Å²) >= 11 is 6.46. The monoisotopic (exact) mass is 492 g/mol. The molecule has 0 saturated carbocycles. The number of unbranched alkanes of at least 4 members (excludes halogenated alkanes) is 6. The third kappa shape index (κ3) is 8.74. The van der Waals surface area contributed by atoms with Crippen LogP contribution in [0.1, 0.15) is 81.1 Å². The van der Waals surface area contributed by atoms with E-state index < -0.39 is 0 Å². The second kappa shape index (κ2) is 14.6. The molecule has 0 aromatic heterocycles. The number of rotatable bonds is 14. The maximum atomic E-state index is 12.6. The lowest BCUT2D eigenvalue weighted by molar-refractivity contribution is 0.0734. The molecule has 35 heavy (non-hydrogen) atoms. The highest BCUT2D eigenvalue weighted by Gasteiger charge is 2.10. The van der Waals surface area contributed by atoms with Crippen molar-refractivity contribution in [2.45, 2.75) is 71.6 Å². The molecule has 0 aliphatic rings. The van der Waals surface area contributed by atoms with Crippen molar-refractivity contribution in [3.8, 4) is 22.6 Å². The first-order chi connectivity index (χ1) is 17.1. The Bertz CT molecular complexity index is 1040. The van der Waals surface area contributed by atoms with E-state index in [1.54, 1.807) is 12.1 Å². The van der Waals surface area contributed by atoms with E-state index in [0.717, 1.165) is 24.0 Å². The van der Waals surface area contributed by atoms with Gasteiger partial charge in [0.15, 0.2) is 0 Å². The molecule has 0 bridgehead atoms. The first kappa shape index (κ1) is 26.8. The van der Waals surface area contributed by atoms with Crippen molar-refractivity contribution in [1.29, 1.82) is 0 Å². The molecule has 0 spiro atoms. The Labute approximate surface area is 215 Å². The second-order valence-corrected chi connectivity index (χ2v) is 9.38. The fraction of sp³-hybridized carbons (Fsp3) is 0.387. The fourth-order valence-corrected chi connectivity index (χ4v) is 4.19. The smallest absolute Gasteiger partial charge is 0.343 e. The molecule has 0 atom stereocenters. The molecule has 0 N–H and O–H groups in total. The van der Waals surface area contributed by atoms with E-state index in [2.05, 4.69) is 13.8 Å². The van der Waals surface area contributed by atoms with Gasteiger partial charge in [0.25, 0.3) is 0 Å². The van der Waals surface area contributed by atoms with Crippen molar-refractivity contribution in [2.75, 3.05) is 6.61 Å². The van der Waals surface area contributed by atoms with Gasteiger partial charge in [-0.05, 0) is 72.4 Å². The number of benzene rings is 3. The zero-order valence-electron chi connectivity index (χ0n) is 21.0. The molecule has 0 aliphatic heterocycles. The summed E-state index contributed by atoms with van der Waals surface area (Å²) in [7, 11) is 0. The zero-order valence-corrected chi connectivity index (χ0v) is 21.8. The minimum atomic E-state index is -0.365. The van der Waals surface area contributed by atoms with Gasteiger partial charge in [0.05, 0.1) is 17.2 Å². The van der Waals surface area contributed by atoms with Gasteiger partial charge in [0.2, 0.25) is 0 Å². The standard InChI is InChI=1S/C31H37ClO3/c1-3-5-7-8-10-22-34-30-21-18-27(23-29(30)32)25-14-16-26(17-15-25)31(33)35-28-19-12-24(13-20-28)11-9-6-4-2/h12-21,23H,3-11,22H2,1-2H3. The van der Waals surface area contributed by atoms with Gasteiger partial charge in [-0.3, -0.25) is 0 Å². The third-order valence-electron chi connectivity index (χ3n) is 6.09. The van der Waals surface area contributed by atoms with Crippen LogP contribution in [0, 0.1) is 0 Å². The lowest BCUT2D eigenvalue weighted by atomic mass is 10.0. The van der Waals surface area contributed by atoms with E-state index in [9.17, 15) is 4.79 Å². The van der Waals surface area contributed by atoms with E-state index in [-0.39, 0.29) is 5.97 Å². The summed E-state index contributed by atoms with van der Waals surface area (Å²) in [5.74, 6) is 0.907. The number of halogens is 1. The highest BCUT2D eigenvalue weighted by Crippen LogP contribution is 2.31. The van der Waals surface area contributed by atoms with Crippen molar-refractivity contribution in [1.82, 2.24) is 0 Å². The van der Waals surface area contributed by atoms with Gasteiger partial charge in [-0.25, -0.2) is 4.79 Å². The lowest BCUT2D eigenvalue weighted by Gasteiger charge is -2.10. The highest BCUT2D eigenvalue weighted by atomic mass is 35.5. The number of aryl methyl sites for hydroxylation is 1. The predicted octanol–water partition coefficient (Wildman–Crippen LogP) is 9.31. The Balaban J connectivity index is 1.53. The number of carbonyl (C=O) groups is 1. The lowest BCUT2D eigenvalue weighted by Crippen LogP contribution is -2.08. The van der Waals surface area contributed by atoms with Crippen molar-refractivity contribution in [2.24, 2.45) is 0 Å². The predicted molar refractivity (Wildman–Crippen MR) is 146 cm³/mol. The average Bonchev–Trinajstić information content (AvgIpc) is 2.88. The van der Waals surface area contributed by atoms with Gasteiger partial charge in [-0.2, -0.15) is 0 Å². The van der Waals surface area contributed by atoms with E-state index in [1.807, 2.05) is 54.6 Å². The summed E-state index contributed by atoms with van der Waals surface area (Å²) in [5, 5.41) is 0.595. The zero-order chi connectivity index (χ0) is 24.9. The van der Waals surface area contributed by atoms with Crippen LogP contribution >= 0.6 is 11.6 Å². The van der Waals surface area contributed by atoms with Crippen LogP contribution in [0.4, 0.5) is 0 Å². The van der Waals surface area contributed by atoms with Gasteiger partial charge >= 0.3 is 5.97 Å². The van der Waals surface area contributed by atoms with Gasteiger partial charge in [0.1, 0.15) is 11.5 Å². The van der Waals surface area contributed by atoms with Gasteiger partial charge in [0, 0.05) is 0 Å². The molecule has 3 rings (SSSR count). The molecule has 3 aromatic carbocycles. The van der Waals surface area contributed by atoms with Gasteiger partial charge in [-0.1, -0.05) is 94.3 Å². The van der Waals surface area contributed by atoms with Crippen LogP contribution in [0.25, 0.3) is 11.1 Å². The van der Waals surface area contributed by atoms with Crippen LogP contribution in [-0.2, 0) is 6.42 Å². The number of hydrogen-bond donors (Lipinski definition) is 0. The SMILES string of the molecule is CCCCCCCOc1ccc(-c2ccc(C(=O)Oc3ccc(CCCCC)cc3)cc2)cc1Cl. The first-order valence-corrected chi connectivity index (χ1v) is 13.3. The Hall–Kier alpha value is -2.78. The van der Waals surface area contributed by atoms with Crippen LogP contribution in [-0.4, -0.2) is 12.6 Å². The van der Waals surface area contributed by atoms with E-state index >= 15 is 0 Å². The molecule has 186 valence electrons. The number of hydrogen-bond acceptors (Lipinski definition) is 3. The largest absolute Gasteiger partial charge is 0.492 e. The minimum Gasteiger partial charge on any atom is -0.492 e. The molecule has 0 saturated heterocycles. The van der Waals surface area contributed by atoms with E-state index in [0.29, 0.717) is 28.7 Å². The highest BCUT2D eigenvalue weighted by molar-refractivity contribution is 6.32. The van der Waals surface area contributed by atoms with Gasteiger partial charge in [-0.15, -0.1) is 0 Å². The van der Waals surface area contributed by atoms with Crippen LogP contribution < -0.4 is 9.47 Å². The Kier molecular flexibility index (Phi) is 11.2. The van der Waals surface area contributed by atoms with Crippen molar-refractivity contribution < 1.29 is 14.3 Å². The Morgan fingerprint density at radius 1 is 0.743 bits per heavy atom. The van der Waals surface area contributed by atoms with Crippen LogP contribution in [0.2, 0.25) is 5.02 Å². The normalized spacial score (nSPS) is 10.8. The number of carbonyl (C=O) groups excluding carboxylic acids is 1. The molecule has 0 amide bonds. The summed E-state index contributed by atoms with van der Waals surface area (Å²) in [6.07, 6.45) is 10.7. The molecule has 3 nitrogen and oxygen atoms in total. The molecule has 3 aromatic rings. The minimum absolute atomic E-state index is 0.365. The molecule has 0 radical (unpaired) electrons. The third-order valence-corrected chi connectivity index (χ3v) is 6.39. The van der Waals surface area contributed by atoms with Gasteiger partial charge < -0.3 is 9.47 Å². The second-order valence-electron chi connectivity index (χ2n) is 8.98. The molecule has 4 heteroatoms. The molecular weight excluding hydrogens is 456 g/mol. The summed E-state index contributed by atoms with van der Waals surface area (Å²) in [6.45, 7) is 5.10. The van der Waals surface area contributed by atoms with Crippen molar-refractivity contribution in [3.05, 3.63) is 82.9 Å². The van der Waals surface area contributed by atoms with Crippen molar-refractivity contribution >= 4 is 17.6 Å². The Morgan fingerprint density at radius 3 is 2.09 bits per heavy atom. The Morgan fingerprint density at radius 2 is 1.40 bits per heavy atom. The number of ether oxygens (including phenoxy) is 2. The van der Waals surface area contributed by atoms with Crippen molar-refractivity contribution in [3.63, 3.8) is 0 Å². The summed E-state index contributed by atoms with van der Waals surface area (Å²) in [4.78, 5) is 12.6. The maximum Gasteiger partial charge on any atom is 0.343 e. The van der Waals surface area contributed by atoms with E-state index in [1.165, 1.54) is 50.5 Å². The quantitative estimate of drug-likeness (QED) is 0.128. The van der Waals surface area contributed by atoms with Crippen LogP contribution in [0.15, 0.2) is 66.7 Å². The molecule has 0 heterocycles. The average molecular weight is 493 g/mol. The molecule has 0 fully saturated rings.